The summed E-state index contributed by atoms with van der Waals surface area (Å²) in [4.78, 5) is 18.9. The molecule has 1 aromatic heterocycles. The second-order valence-electron chi connectivity index (χ2n) is 5.82. The molecule has 1 aliphatic rings. The number of hydrogen-bond donors (Lipinski definition) is 1. The zero-order valence-corrected chi connectivity index (χ0v) is 13.8. The number of rotatable bonds is 5. The molecule has 3 atom stereocenters. The predicted molar refractivity (Wildman–Crippen MR) is 84.9 cm³/mol. The molecule has 1 fully saturated rings. The molecule has 0 unspecified atom stereocenters. The van der Waals surface area contributed by atoms with Crippen LogP contribution in [0.5, 0.6) is 0 Å². The monoisotopic (exact) mass is 331 g/mol. The molecule has 1 saturated heterocycles. The van der Waals surface area contributed by atoms with E-state index in [4.69, 9.17) is 9.26 Å². The number of aromatic nitrogens is 2. The van der Waals surface area contributed by atoms with Crippen molar-refractivity contribution in [3.8, 4) is 0 Å². The number of β-amino-alcohol motifs (C(OH)–C–C–N with tert-alkyl or cyclic N) is 1. The second-order valence-corrected chi connectivity index (χ2v) is 5.82. The number of ether oxygens (including phenoxy) is 1. The van der Waals surface area contributed by atoms with Gasteiger partial charge in [0, 0.05) is 19.6 Å². The highest BCUT2D eigenvalue weighted by molar-refractivity contribution is 5.83. The average Bonchev–Trinajstić information content (AvgIpc) is 3.18. The van der Waals surface area contributed by atoms with Gasteiger partial charge in [-0.3, -0.25) is 4.79 Å². The first-order valence-corrected chi connectivity index (χ1v) is 8.05. The Morgan fingerprint density at radius 2 is 2.21 bits per heavy atom. The number of aliphatic hydroxyl groups is 1. The number of aryl methyl sites for hydroxylation is 1. The highest BCUT2D eigenvalue weighted by Crippen LogP contribution is 2.34. The number of amides is 1. The topological polar surface area (TPSA) is 88.7 Å². The summed E-state index contributed by atoms with van der Waals surface area (Å²) in [7, 11) is 0. The molecule has 3 rings (SSSR count). The Labute approximate surface area is 140 Å². The number of benzene rings is 1. The van der Waals surface area contributed by atoms with Crippen LogP contribution in [-0.2, 0) is 9.53 Å². The van der Waals surface area contributed by atoms with E-state index in [1.165, 1.54) is 0 Å². The highest BCUT2D eigenvalue weighted by Gasteiger charge is 2.41. The lowest BCUT2D eigenvalue weighted by Crippen LogP contribution is -2.36. The summed E-state index contributed by atoms with van der Waals surface area (Å²) >= 11 is 0. The second kappa shape index (κ2) is 7.11. The normalized spacial score (nSPS) is 21.9. The Bertz CT molecular complexity index is 688. The molecule has 0 saturated carbocycles. The molecule has 24 heavy (non-hydrogen) atoms. The van der Waals surface area contributed by atoms with Crippen molar-refractivity contribution in [1.29, 1.82) is 0 Å². The third kappa shape index (κ3) is 3.32. The van der Waals surface area contributed by atoms with Crippen LogP contribution in [0.3, 0.4) is 0 Å². The summed E-state index contributed by atoms with van der Waals surface area (Å²) in [5, 5.41) is 13.8. The lowest BCUT2D eigenvalue weighted by atomic mass is 10.1. The highest BCUT2D eigenvalue weighted by atomic mass is 16.5. The van der Waals surface area contributed by atoms with Crippen LogP contribution in [0.2, 0.25) is 0 Å². The van der Waals surface area contributed by atoms with Crippen molar-refractivity contribution in [2.24, 2.45) is 0 Å². The Morgan fingerprint density at radius 3 is 2.83 bits per heavy atom. The maximum Gasteiger partial charge on any atom is 0.257 e. The van der Waals surface area contributed by atoms with Gasteiger partial charge in [0.1, 0.15) is 6.04 Å². The van der Waals surface area contributed by atoms with E-state index in [2.05, 4.69) is 10.1 Å². The number of likely N-dealkylation sites (tertiary alicyclic amines) is 1. The average molecular weight is 331 g/mol. The van der Waals surface area contributed by atoms with Gasteiger partial charge in [0.15, 0.2) is 11.9 Å². The molecule has 128 valence electrons. The first-order valence-electron chi connectivity index (χ1n) is 8.05. The van der Waals surface area contributed by atoms with Crippen LogP contribution in [0.15, 0.2) is 34.9 Å². The fourth-order valence-corrected chi connectivity index (χ4v) is 3.00. The molecule has 2 heterocycles. The van der Waals surface area contributed by atoms with Crippen molar-refractivity contribution in [3.05, 3.63) is 47.6 Å². The van der Waals surface area contributed by atoms with Crippen molar-refractivity contribution >= 4 is 5.91 Å². The number of nitrogens with zero attached hydrogens (tertiary/aromatic N) is 3. The van der Waals surface area contributed by atoms with Gasteiger partial charge < -0.3 is 19.3 Å². The van der Waals surface area contributed by atoms with E-state index >= 15 is 0 Å². The Morgan fingerprint density at radius 1 is 1.46 bits per heavy atom. The first-order chi connectivity index (χ1) is 11.6. The summed E-state index contributed by atoms with van der Waals surface area (Å²) < 4.78 is 10.9. The minimum Gasteiger partial charge on any atom is -0.391 e. The molecule has 7 nitrogen and oxygen atoms in total. The van der Waals surface area contributed by atoms with E-state index in [1.807, 2.05) is 37.3 Å². The van der Waals surface area contributed by atoms with Gasteiger partial charge in [0.2, 0.25) is 5.89 Å². The minimum absolute atomic E-state index is 0.208. The maximum atomic E-state index is 13.1. The zero-order chi connectivity index (χ0) is 17.1. The van der Waals surface area contributed by atoms with Gasteiger partial charge in [-0.2, -0.15) is 4.98 Å². The van der Waals surface area contributed by atoms with Crippen LogP contribution in [-0.4, -0.2) is 45.3 Å². The SMILES string of the molecule is CCO[C@@H](C(=O)N1C[C@H](O)C[C@@H]1c1nc(C)no1)c1ccccc1. The molecule has 0 aliphatic carbocycles. The van der Waals surface area contributed by atoms with Crippen LogP contribution in [0.4, 0.5) is 0 Å². The third-order valence-corrected chi connectivity index (χ3v) is 4.05. The van der Waals surface area contributed by atoms with E-state index in [-0.39, 0.29) is 12.5 Å². The molecule has 7 heteroatoms. The summed E-state index contributed by atoms with van der Waals surface area (Å²) in [5.41, 5.74) is 0.784. The summed E-state index contributed by atoms with van der Waals surface area (Å²) in [6.45, 7) is 4.20. The molecule has 1 aromatic carbocycles. The molecule has 2 aromatic rings. The Kier molecular flexibility index (Phi) is 4.92. The van der Waals surface area contributed by atoms with Gasteiger partial charge in [-0.15, -0.1) is 0 Å². The number of carbonyl (C=O) groups is 1. The molecule has 1 N–H and O–H groups in total. The van der Waals surface area contributed by atoms with Gasteiger partial charge in [-0.25, -0.2) is 0 Å². The Balaban J connectivity index is 1.87. The van der Waals surface area contributed by atoms with E-state index in [1.54, 1.807) is 11.8 Å². The lowest BCUT2D eigenvalue weighted by Gasteiger charge is -2.27. The number of aliphatic hydroxyl groups excluding tert-OH is 1. The summed E-state index contributed by atoms with van der Waals surface area (Å²) in [5.74, 6) is 0.643. The summed E-state index contributed by atoms with van der Waals surface area (Å²) in [6, 6.07) is 8.91. The molecule has 1 aliphatic heterocycles. The van der Waals surface area contributed by atoms with E-state index in [0.717, 1.165) is 5.56 Å². The molecule has 0 radical (unpaired) electrons. The number of carbonyl (C=O) groups excluding carboxylic acids is 1. The maximum absolute atomic E-state index is 13.1. The quantitative estimate of drug-likeness (QED) is 0.898. The largest absolute Gasteiger partial charge is 0.391 e. The van der Waals surface area contributed by atoms with Crippen LogP contribution < -0.4 is 0 Å². The van der Waals surface area contributed by atoms with E-state index in [0.29, 0.717) is 24.7 Å². The molecular formula is C17H21N3O4. The fourth-order valence-electron chi connectivity index (χ4n) is 3.00. The fraction of sp³-hybridized carbons (Fsp3) is 0.471. The summed E-state index contributed by atoms with van der Waals surface area (Å²) in [6.07, 6.45) is -0.960. The van der Waals surface area contributed by atoms with E-state index < -0.39 is 18.2 Å². The van der Waals surface area contributed by atoms with Crippen LogP contribution >= 0.6 is 0 Å². The van der Waals surface area contributed by atoms with Crippen LogP contribution in [0.1, 0.15) is 42.8 Å². The van der Waals surface area contributed by atoms with Gasteiger partial charge in [-0.05, 0) is 19.4 Å². The number of hydrogen-bond acceptors (Lipinski definition) is 6. The minimum atomic E-state index is -0.715. The first kappa shape index (κ1) is 16.6. The molecular weight excluding hydrogens is 310 g/mol. The van der Waals surface area contributed by atoms with Gasteiger partial charge in [-0.1, -0.05) is 35.5 Å². The molecule has 0 spiro atoms. The smallest absolute Gasteiger partial charge is 0.257 e. The van der Waals surface area contributed by atoms with Crippen LogP contribution in [0, 0.1) is 6.92 Å². The standard InChI is InChI=1S/C17H21N3O4/c1-3-23-15(12-7-5-4-6-8-12)17(22)20-10-13(21)9-14(20)16-18-11(2)19-24-16/h4-8,13-15,21H,3,9-10H2,1-2H3/t13-,14-,15-/m1/s1. The third-order valence-electron chi connectivity index (χ3n) is 4.05. The molecule has 1 amide bonds. The van der Waals surface area contributed by atoms with Gasteiger partial charge in [0.25, 0.3) is 5.91 Å². The van der Waals surface area contributed by atoms with Crippen molar-refractivity contribution in [2.45, 2.75) is 38.5 Å². The Hall–Kier alpha value is -2.25. The van der Waals surface area contributed by atoms with Crippen molar-refractivity contribution in [2.75, 3.05) is 13.2 Å². The van der Waals surface area contributed by atoms with Crippen molar-refractivity contribution in [3.63, 3.8) is 0 Å². The lowest BCUT2D eigenvalue weighted by molar-refractivity contribution is -0.145. The van der Waals surface area contributed by atoms with Gasteiger partial charge in [0.05, 0.1) is 6.10 Å². The van der Waals surface area contributed by atoms with Crippen molar-refractivity contribution < 1.29 is 19.2 Å². The van der Waals surface area contributed by atoms with Crippen molar-refractivity contribution in [1.82, 2.24) is 15.0 Å². The molecule has 0 bridgehead atoms. The predicted octanol–water partition coefficient (Wildman–Crippen LogP) is 1.79. The van der Waals surface area contributed by atoms with Crippen LogP contribution in [0.25, 0.3) is 0 Å². The zero-order valence-electron chi connectivity index (χ0n) is 13.8. The van der Waals surface area contributed by atoms with E-state index in [9.17, 15) is 9.90 Å². The van der Waals surface area contributed by atoms with Gasteiger partial charge >= 0.3 is 0 Å².